The van der Waals surface area contributed by atoms with Crippen molar-refractivity contribution in [1.29, 1.82) is 0 Å². The molecule has 0 spiro atoms. The number of hydrogen-bond acceptors (Lipinski definition) is 4. The molecule has 6 heteroatoms. The molecule has 1 rings (SSSR count). The quantitative estimate of drug-likeness (QED) is 0.695. The number of hydrogen-bond donors (Lipinski definition) is 3. The molecule has 1 aliphatic carbocycles. The highest BCUT2D eigenvalue weighted by Crippen LogP contribution is 2.19. The molecule has 0 aromatic rings. The summed E-state index contributed by atoms with van der Waals surface area (Å²) in [6.07, 6.45) is 3.28. The van der Waals surface area contributed by atoms with Crippen LogP contribution < -0.4 is 16.0 Å². The Hall–Kier alpha value is -1.30. The van der Waals surface area contributed by atoms with Crippen LogP contribution in [0.25, 0.3) is 0 Å². The van der Waals surface area contributed by atoms with E-state index in [1.165, 1.54) is 0 Å². The minimum Gasteiger partial charge on any atom is -0.444 e. The molecule has 0 radical (unpaired) electrons. The van der Waals surface area contributed by atoms with Crippen molar-refractivity contribution in [3.63, 3.8) is 0 Å². The van der Waals surface area contributed by atoms with Gasteiger partial charge < -0.3 is 20.7 Å². The van der Waals surface area contributed by atoms with Gasteiger partial charge in [0.1, 0.15) is 5.60 Å². The molecule has 1 aliphatic rings. The normalized spacial score (nSPS) is 21.9. The van der Waals surface area contributed by atoms with E-state index >= 15 is 0 Å². The second kappa shape index (κ2) is 8.22. The average molecular weight is 299 g/mol. The van der Waals surface area contributed by atoms with E-state index < -0.39 is 5.60 Å². The highest BCUT2D eigenvalue weighted by Gasteiger charge is 2.27. The van der Waals surface area contributed by atoms with Crippen LogP contribution >= 0.6 is 0 Å². The lowest BCUT2D eigenvalue weighted by Gasteiger charge is -2.21. The Morgan fingerprint density at radius 3 is 2.48 bits per heavy atom. The van der Waals surface area contributed by atoms with Crippen molar-refractivity contribution in [2.75, 3.05) is 13.1 Å². The van der Waals surface area contributed by atoms with Crippen LogP contribution in [0.15, 0.2) is 0 Å². The molecule has 0 heterocycles. The van der Waals surface area contributed by atoms with Crippen LogP contribution in [0.2, 0.25) is 0 Å². The standard InChI is InChI=1S/C15H29N3O3/c1-5-8-16-13(19)10-17-11-6-7-12(9-11)18-14(20)21-15(2,3)4/h11-12,17H,5-10H2,1-4H3,(H,16,19)(H,18,20). The molecule has 21 heavy (non-hydrogen) atoms. The smallest absolute Gasteiger partial charge is 0.407 e. The molecule has 2 amide bonds. The summed E-state index contributed by atoms with van der Waals surface area (Å²) in [4.78, 5) is 23.2. The maximum absolute atomic E-state index is 11.7. The number of carbonyl (C=O) groups excluding carboxylic acids is 2. The van der Waals surface area contributed by atoms with E-state index in [9.17, 15) is 9.59 Å². The fourth-order valence-corrected chi connectivity index (χ4v) is 2.34. The topological polar surface area (TPSA) is 79.5 Å². The highest BCUT2D eigenvalue weighted by molar-refractivity contribution is 5.77. The zero-order valence-electron chi connectivity index (χ0n) is 13.6. The van der Waals surface area contributed by atoms with Crippen molar-refractivity contribution >= 4 is 12.0 Å². The van der Waals surface area contributed by atoms with Gasteiger partial charge in [-0.1, -0.05) is 6.92 Å². The Morgan fingerprint density at radius 2 is 1.86 bits per heavy atom. The maximum Gasteiger partial charge on any atom is 0.407 e. The number of carbonyl (C=O) groups is 2. The lowest BCUT2D eigenvalue weighted by molar-refractivity contribution is -0.120. The molecule has 6 nitrogen and oxygen atoms in total. The van der Waals surface area contributed by atoms with Gasteiger partial charge in [0.2, 0.25) is 5.91 Å². The lowest BCUT2D eigenvalue weighted by atomic mass is 10.2. The Morgan fingerprint density at radius 1 is 1.19 bits per heavy atom. The number of ether oxygens (including phenoxy) is 1. The maximum atomic E-state index is 11.7. The molecule has 3 N–H and O–H groups in total. The van der Waals surface area contributed by atoms with Crippen LogP contribution in [-0.4, -0.2) is 42.8 Å². The summed E-state index contributed by atoms with van der Waals surface area (Å²) in [6, 6.07) is 0.397. The summed E-state index contributed by atoms with van der Waals surface area (Å²) in [7, 11) is 0. The SMILES string of the molecule is CCCNC(=O)CNC1CCC(NC(=O)OC(C)(C)C)C1. The Labute approximate surface area is 127 Å². The average Bonchev–Trinajstić information content (AvgIpc) is 2.79. The summed E-state index contributed by atoms with van der Waals surface area (Å²) in [5.74, 6) is 0.0281. The van der Waals surface area contributed by atoms with Gasteiger partial charge in [0.25, 0.3) is 0 Å². The van der Waals surface area contributed by atoms with Crippen LogP contribution in [0.3, 0.4) is 0 Å². The van der Waals surface area contributed by atoms with Crippen LogP contribution in [0.5, 0.6) is 0 Å². The largest absolute Gasteiger partial charge is 0.444 e. The molecular weight excluding hydrogens is 270 g/mol. The molecule has 0 aromatic heterocycles. The van der Waals surface area contributed by atoms with E-state index in [0.717, 1.165) is 25.7 Å². The number of alkyl carbamates (subject to hydrolysis) is 1. The third-order valence-corrected chi connectivity index (χ3v) is 3.28. The summed E-state index contributed by atoms with van der Waals surface area (Å²) in [5.41, 5.74) is -0.474. The number of amides is 2. The van der Waals surface area contributed by atoms with Gasteiger partial charge in [-0.2, -0.15) is 0 Å². The molecule has 0 saturated heterocycles. The lowest BCUT2D eigenvalue weighted by Crippen LogP contribution is -2.41. The minimum absolute atomic E-state index is 0.0281. The van der Waals surface area contributed by atoms with Gasteiger partial charge >= 0.3 is 6.09 Å². The van der Waals surface area contributed by atoms with Crippen molar-refractivity contribution in [3.8, 4) is 0 Å². The highest BCUT2D eigenvalue weighted by atomic mass is 16.6. The number of nitrogens with one attached hydrogen (secondary N) is 3. The van der Waals surface area contributed by atoms with E-state index in [-0.39, 0.29) is 24.1 Å². The van der Waals surface area contributed by atoms with Crippen LogP contribution in [0, 0.1) is 0 Å². The first-order valence-electron chi connectivity index (χ1n) is 7.79. The van der Waals surface area contributed by atoms with Gasteiger partial charge in [-0.05, 0) is 46.5 Å². The molecule has 0 aromatic carbocycles. The molecule has 1 saturated carbocycles. The second-order valence-corrected chi connectivity index (χ2v) is 6.58. The minimum atomic E-state index is -0.474. The summed E-state index contributed by atoms with van der Waals surface area (Å²) in [6.45, 7) is 8.62. The zero-order chi connectivity index (χ0) is 15.9. The first-order chi connectivity index (χ1) is 9.80. The molecule has 2 unspecified atom stereocenters. The van der Waals surface area contributed by atoms with E-state index in [1.807, 2.05) is 27.7 Å². The third kappa shape index (κ3) is 7.90. The van der Waals surface area contributed by atoms with Gasteiger partial charge in [-0.15, -0.1) is 0 Å². The predicted molar refractivity (Wildman–Crippen MR) is 82.1 cm³/mol. The summed E-state index contributed by atoms with van der Waals surface area (Å²) < 4.78 is 5.24. The first kappa shape index (κ1) is 17.8. The Bertz CT molecular complexity index is 353. The molecule has 0 bridgehead atoms. The van der Waals surface area contributed by atoms with E-state index in [1.54, 1.807) is 0 Å². The van der Waals surface area contributed by atoms with Gasteiger partial charge in [0.05, 0.1) is 6.54 Å². The molecule has 1 fully saturated rings. The van der Waals surface area contributed by atoms with Crippen molar-refractivity contribution in [2.45, 2.75) is 71.1 Å². The summed E-state index contributed by atoms with van der Waals surface area (Å²) in [5, 5.41) is 8.96. The fourth-order valence-electron chi connectivity index (χ4n) is 2.34. The number of rotatable bonds is 6. The first-order valence-corrected chi connectivity index (χ1v) is 7.79. The van der Waals surface area contributed by atoms with E-state index in [0.29, 0.717) is 13.1 Å². The van der Waals surface area contributed by atoms with E-state index in [2.05, 4.69) is 16.0 Å². The van der Waals surface area contributed by atoms with Gasteiger partial charge in [0.15, 0.2) is 0 Å². The van der Waals surface area contributed by atoms with Crippen molar-refractivity contribution in [1.82, 2.24) is 16.0 Å². The molecule has 122 valence electrons. The van der Waals surface area contributed by atoms with Crippen LogP contribution in [-0.2, 0) is 9.53 Å². The monoisotopic (exact) mass is 299 g/mol. The molecular formula is C15H29N3O3. The van der Waals surface area contributed by atoms with Crippen molar-refractivity contribution < 1.29 is 14.3 Å². The summed E-state index contributed by atoms with van der Waals surface area (Å²) >= 11 is 0. The second-order valence-electron chi connectivity index (χ2n) is 6.58. The Balaban J connectivity index is 2.20. The van der Waals surface area contributed by atoms with Crippen molar-refractivity contribution in [3.05, 3.63) is 0 Å². The zero-order valence-corrected chi connectivity index (χ0v) is 13.6. The third-order valence-electron chi connectivity index (χ3n) is 3.28. The fraction of sp³-hybridized carbons (Fsp3) is 0.867. The Kier molecular flexibility index (Phi) is 6.95. The van der Waals surface area contributed by atoms with Crippen LogP contribution in [0.4, 0.5) is 4.79 Å². The van der Waals surface area contributed by atoms with Gasteiger partial charge in [-0.25, -0.2) is 4.79 Å². The van der Waals surface area contributed by atoms with E-state index in [4.69, 9.17) is 4.74 Å². The predicted octanol–water partition coefficient (Wildman–Crippen LogP) is 1.55. The molecule has 2 atom stereocenters. The van der Waals surface area contributed by atoms with Gasteiger partial charge in [0, 0.05) is 18.6 Å². The van der Waals surface area contributed by atoms with Crippen molar-refractivity contribution in [2.24, 2.45) is 0 Å². The van der Waals surface area contributed by atoms with Crippen LogP contribution in [0.1, 0.15) is 53.4 Å². The molecule has 0 aliphatic heterocycles. The van der Waals surface area contributed by atoms with Gasteiger partial charge in [-0.3, -0.25) is 4.79 Å².